The molecule has 1 atom stereocenters. The average Bonchev–Trinajstić information content (AvgIpc) is 2.62. The van der Waals surface area contributed by atoms with Crippen LogP contribution >= 0.6 is 0 Å². The molecule has 3 nitrogen and oxygen atoms in total. The van der Waals surface area contributed by atoms with Crippen molar-refractivity contribution in [3.05, 3.63) is 77.9 Å². The number of nitrogens with one attached hydrogen (secondary N) is 1. The van der Waals surface area contributed by atoms with E-state index in [1.54, 1.807) is 0 Å². The summed E-state index contributed by atoms with van der Waals surface area (Å²) in [5.41, 5.74) is 0.972. The van der Waals surface area contributed by atoms with Gasteiger partial charge in [-0.1, -0.05) is 36.4 Å². The van der Waals surface area contributed by atoms with Crippen molar-refractivity contribution in [2.24, 2.45) is 0 Å². The number of hydrogen-bond donors (Lipinski definition) is 1. The predicted molar refractivity (Wildman–Crippen MR) is 92.4 cm³/mol. The lowest BCUT2D eigenvalue weighted by Crippen LogP contribution is -2.31. The number of benzene rings is 3. The van der Waals surface area contributed by atoms with Gasteiger partial charge in [0.05, 0.1) is 6.04 Å². The van der Waals surface area contributed by atoms with Crippen molar-refractivity contribution < 1.29 is 18.3 Å². The van der Waals surface area contributed by atoms with Crippen LogP contribution in [0.4, 0.5) is 8.78 Å². The van der Waals surface area contributed by atoms with Crippen molar-refractivity contribution in [1.82, 2.24) is 5.32 Å². The Morgan fingerprint density at radius 3 is 2.52 bits per heavy atom. The van der Waals surface area contributed by atoms with Gasteiger partial charge in [0.15, 0.2) is 18.2 Å². The number of carbonyl (C=O) groups is 1. The van der Waals surface area contributed by atoms with Crippen molar-refractivity contribution in [2.45, 2.75) is 13.0 Å². The maximum absolute atomic E-state index is 13.1. The third kappa shape index (κ3) is 4.12. The number of fused-ring (bicyclic) bond motifs is 1. The van der Waals surface area contributed by atoms with Crippen molar-refractivity contribution in [3.63, 3.8) is 0 Å². The third-order valence-electron chi connectivity index (χ3n) is 3.91. The van der Waals surface area contributed by atoms with Crippen molar-refractivity contribution in [2.75, 3.05) is 6.61 Å². The maximum atomic E-state index is 13.1. The minimum Gasteiger partial charge on any atom is -0.484 e. The van der Waals surface area contributed by atoms with Gasteiger partial charge in [0.25, 0.3) is 5.91 Å². The molecule has 3 aromatic carbocycles. The lowest BCUT2D eigenvalue weighted by Gasteiger charge is -2.15. The summed E-state index contributed by atoms with van der Waals surface area (Å²) in [6.45, 7) is 1.60. The highest BCUT2D eigenvalue weighted by Gasteiger charge is 2.11. The molecule has 0 radical (unpaired) electrons. The van der Waals surface area contributed by atoms with Gasteiger partial charge in [0, 0.05) is 6.07 Å². The van der Waals surface area contributed by atoms with Gasteiger partial charge in [-0.05, 0) is 41.5 Å². The van der Waals surface area contributed by atoms with Crippen LogP contribution in [-0.4, -0.2) is 12.5 Å². The lowest BCUT2D eigenvalue weighted by molar-refractivity contribution is -0.123. The fourth-order valence-electron chi connectivity index (χ4n) is 2.56. The summed E-state index contributed by atoms with van der Waals surface area (Å²) >= 11 is 0. The van der Waals surface area contributed by atoms with Crippen LogP contribution in [0.25, 0.3) is 10.8 Å². The average molecular weight is 341 g/mol. The Kier molecular flexibility index (Phi) is 4.93. The zero-order chi connectivity index (χ0) is 17.8. The molecule has 25 heavy (non-hydrogen) atoms. The lowest BCUT2D eigenvalue weighted by atomic mass is 10.0. The molecule has 3 rings (SSSR count). The molecule has 0 aliphatic heterocycles. The Morgan fingerprint density at radius 2 is 1.76 bits per heavy atom. The summed E-state index contributed by atoms with van der Waals surface area (Å²) in [5, 5.41) is 5.05. The Bertz CT molecular complexity index is 911. The highest BCUT2D eigenvalue weighted by atomic mass is 19.2. The Morgan fingerprint density at radius 1 is 1.00 bits per heavy atom. The first-order valence-corrected chi connectivity index (χ1v) is 7.89. The Labute approximate surface area is 144 Å². The van der Waals surface area contributed by atoms with E-state index in [9.17, 15) is 13.6 Å². The normalized spacial score (nSPS) is 12.0. The van der Waals surface area contributed by atoms with Crippen LogP contribution in [0.15, 0.2) is 60.7 Å². The number of amides is 1. The van der Waals surface area contributed by atoms with E-state index >= 15 is 0 Å². The zero-order valence-corrected chi connectivity index (χ0v) is 13.6. The minimum atomic E-state index is -1.01. The molecule has 0 fully saturated rings. The van der Waals surface area contributed by atoms with Gasteiger partial charge >= 0.3 is 0 Å². The second-order valence-corrected chi connectivity index (χ2v) is 5.76. The van der Waals surface area contributed by atoms with E-state index in [2.05, 4.69) is 5.32 Å². The number of ether oxygens (including phenoxy) is 1. The first-order chi connectivity index (χ1) is 12.0. The Hall–Kier alpha value is -2.95. The van der Waals surface area contributed by atoms with Crippen molar-refractivity contribution >= 4 is 16.7 Å². The van der Waals surface area contributed by atoms with Crippen LogP contribution in [0.1, 0.15) is 18.5 Å². The van der Waals surface area contributed by atoms with Crippen LogP contribution in [-0.2, 0) is 4.79 Å². The van der Waals surface area contributed by atoms with Crippen LogP contribution in [0, 0.1) is 11.6 Å². The van der Waals surface area contributed by atoms with Gasteiger partial charge < -0.3 is 10.1 Å². The third-order valence-corrected chi connectivity index (χ3v) is 3.91. The van der Waals surface area contributed by atoms with E-state index in [0.717, 1.165) is 28.5 Å². The van der Waals surface area contributed by atoms with E-state index in [1.165, 1.54) is 6.07 Å². The largest absolute Gasteiger partial charge is 0.484 e. The summed E-state index contributed by atoms with van der Waals surface area (Å²) in [5.74, 6) is -2.21. The highest BCUT2D eigenvalue weighted by molar-refractivity contribution is 5.83. The van der Waals surface area contributed by atoms with E-state index in [-0.39, 0.29) is 24.3 Å². The quantitative estimate of drug-likeness (QED) is 0.748. The summed E-state index contributed by atoms with van der Waals surface area (Å²) in [6, 6.07) is 16.9. The molecule has 1 amide bonds. The maximum Gasteiger partial charge on any atom is 0.258 e. The molecular formula is C20H17F2NO2. The van der Waals surface area contributed by atoms with Crippen LogP contribution in [0.3, 0.4) is 0 Å². The summed E-state index contributed by atoms with van der Waals surface area (Å²) in [4.78, 5) is 12.0. The molecule has 0 aliphatic rings. The van der Waals surface area contributed by atoms with Gasteiger partial charge in [-0.15, -0.1) is 0 Å². The number of carbonyl (C=O) groups excluding carboxylic acids is 1. The molecular weight excluding hydrogens is 324 g/mol. The Balaban J connectivity index is 1.60. The first-order valence-electron chi connectivity index (χ1n) is 7.89. The van der Waals surface area contributed by atoms with Gasteiger partial charge in [-0.3, -0.25) is 4.79 Å². The van der Waals surface area contributed by atoms with Crippen LogP contribution < -0.4 is 10.1 Å². The molecule has 1 N–H and O–H groups in total. The first kappa shape index (κ1) is 16.9. The van der Waals surface area contributed by atoms with E-state index < -0.39 is 11.6 Å². The summed E-state index contributed by atoms with van der Waals surface area (Å²) < 4.78 is 31.2. The van der Waals surface area contributed by atoms with Crippen molar-refractivity contribution in [1.29, 1.82) is 0 Å². The van der Waals surface area contributed by atoms with E-state index in [1.807, 2.05) is 49.4 Å². The van der Waals surface area contributed by atoms with Gasteiger partial charge in [-0.25, -0.2) is 8.78 Å². The van der Waals surface area contributed by atoms with Gasteiger partial charge in [0.1, 0.15) is 5.75 Å². The van der Waals surface area contributed by atoms with E-state index in [0.29, 0.717) is 0 Å². The molecule has 1 unspecified atom stereocenters. The summed E-state index contributed by atoms with van der Waals surface area (Å²) in [6.07, 6.45) is 0. The van der Waals surface area contributed by atoms with E-state index in [4.69, 9.17) is 4.74 Å². The number of hydrogen-bond acceptors (Lipinski definition) is 2. The van der Waals surface area contributed by atoms with Gasteiger partial charge in [0.2, 0.25) is 0 Å². The molecule has 0 saturated carbocycles. The molecule has 0 spiro atoms. The highest BCUT2D eigenvalue weighted by Crippen LogP contribution is 2.20. The second kappa shape index (κ2) is 7.30. The fourth-order valence-corrected chi connectivity index (χ4v) is 2.56. The van der Waals surface area contributed by atoms with Gasteiger partial charge in [-0.2, -0.15) is 0 Å². The molecule has 0 heterocycles. The SMILES string of the molecule is CC(NC(=O)COc1ccc(F)c(F)c1)c1ccc2ccccc2c1. The second-order valence-electron chi connectivity index (χ2n) is 5.76. The number of halogens is 2. The molecule has 5 heteroatoms. The zero-order valence-electron chi connectivity index (χ0n) is 13.6. The molecule has 0 bridgehead atoms. The molecule has 3 aromatic rings. The van der Waals surface area contributed by atoms with Crippen LogP contribution in [0.5, 0.6) is 5.75 Å². The predicted octanol–water partition coefficient (Wildman–Crippen LogP) is 4.37. The smallest absolute Gasteiger partial charge is 0.258 e. The molecule has 0 saturated heterocycles. The molecule has 0 aromatic heterocycles. The molecule has 0 aliphatic carbocycles. The van der Waals surface area contributed by atoms with Crippen LogP contribution in [0.2, 0.25) is 0 Å². The topological polar surface area (TPSA) is 38.3 Å². The number of rotatable bonds is 5. The standard InChI is InChI=1S/C20H17F2NO2/c1-13(15-7-6-14-4-2-3-5-16(14)10-15)23-20(24)12-25-17-8-9-18(21)19(22)11-17/h2-11,13H,12H2,1H3,(H,23,24). The van der Waals surface area contributed by atoms with Crippen molar-refractivity contribution in [3.8, 4) is 5.75 Å². The fraction of sp³-hybridized carbons (Fsp3) is 0.150. The summed E-state index contributed by atoms with van der Waals surface area (Å²) in [7, 11) is 0. The minimum absolute atomic E-state index is 0.104. The monoisotopic (exact) mass is 341 g/mol. The molecule has 128 valence electrons.